The van der Waals surface area contributed by atoms with Gasteiger partial charge in [-0.1, -0.05) is 0 Å². The quantitative estimate of drug-likeness (QED) is 0.754. The fourth-order valence-electron chi connectivity index (χ4n) is 2.76. The van der Waals surface area contributed by atoms with E-state index in [0.29, 0.717) is 17.1 Å². The van der Waals surface area contributed by atoms with Crippen LogP contribution >= 0.6 is 0 Å². The lowest BCUT2D eigenvalue weighted by Crippen LogP contribution is -2.54. The molecule has 1 aliphatic rings. The summed E-state index contributed by atoms with van der Waals surface area (Å²) >= 11 is 0. The maximum absolute atomic E-state index is 12.3. The van der Waals surface area contributed by atoms with Crippen molar-refractivity contribution in [1.82, 2.24) is 9.71 Å². The molecule has 1 aromatic heterocycles. The van der Waals surface area contributed by atoms with Crippen LogP contribution in [0.4, 0.5) is 5.82 Å². The molecule has 0 spiro atoms. The molecule has 2 N–H and O–H groups in total. The molecular formula is C18H16N4O5S. The average molecular weight is 400 g/mol. The van der Waals surface area contributed by atoms with Gasteiger partial charge in [0.15, 0.2) is 0 Å². The van der Waals surface area contributed by atoms with Crippen LogP contribution in [0.5, 0.6) is 0 Å². The lowest BCUT2D eigenvalue weighted by Gasteiger charge is -2.39. The zero-order valence-corrected chi connectivity index (χ0v) is 15.6. The lowest BCUT2D eigenvalue weighted by atomic mass is 9.99. The number of carbonyl (C=O) groups is 2. The summed E-state index contributed by atoms with van der Waals surface area (Å²) in [7, 11) is -4.02. The van der Waals surface area contributed by atoms with Gasteiger partial charge in [0.1, 0.15) is 5.82 Å². The van der Waals surface area contributed by atoms with Crippen molar-refractivity contribution in [2.45, 2.75) is 11.8 Å². The molecule has 0 saturated carbocycles. The number of carboxylic acids is 1. The van der Waals surface area contributed by atoms with Gasteiger partial charge in [-0.3, -0.25) is 4.79 Å². The number of hydrogen-bond donors (Lipinski definition) is 2. The number of carboxylic acid groups (broad SMARTS) is 1. The minimum Gasteiger partial charge on any atom is -0.478 e. The summed E-state index contributed by atoms with van der Waals surface area (Å²) in [6.45, 7) is 2.13. The van der Waals surface area contributed by atoms with Gasteiger partial charge >= 0.3 is 5.97 Å². The number of aromatic carboxylic acids is 1. The van der Waals surface area contributed by atoms with Crippen LogP contribution in [0, 0.1) is 24.2 Å². The average Bonchev–Trinajstić information content (AvgIpc) is 2.60. The van der Waals surface area contributed by atoms with E-state index in [1.54, 1.807) is 17.9 Å². The van der Waals surface area contributed by atoms with Crippen LogP contribution in [-0.4, -0.2) is 43.5 Å². The van der Waals surface area contributed by atoms with Gasteiger partial charge in [0.05, 0.1) is 33.7 Å². The Bertz CT molecular complexity index is 1080. The maximum Gasteiger partial charge on any atom is 0.337 e. The highest BCUT2D eigenvalue weighted by Gasteiger charge is 2.35. The van der Waals surface area contributed by atoms with Crippen LogP contribution in [-0.2, 0) is 14.8 Å². The molecule has 3 rings (SSSR count). The Labute approximate surface area is 161 Å². The topological polar surface area (TPSA) is 140 Å². The van der Waals surface area contributed by atoms with Crippen LogP contribution in [0.25, 0.3) is 0 Å². The minimum absolute atomic E-state index is 0.0995. The van der Waals surface area contributed by atoms with Crippen LogP contribution < -0.4 is 9.62 Å². The molecule has 0 radical (unpaired) electrons. The number of aromatic nitrogens is 1. The van der Waals surface area contributed by atoms with Crippen LogP contribution in [0.3, 0.4) is 0 Å². The molecule has 1 aromatic carbocycles. The van der Waals surface area contributed by atoms with Gasteiger partial charge in [-0.15, -0.1) is 0 Å². The Balaban J connectivity index is 1.62. The lowest BCUT2D eigenvalue weighted by molar-refractivity contribution is -0.123. The van der Waals surface area contributed by atoms with E-state index in [1.807, 2.05) is 10.8 Å². The second kappa shape index (κ2) is 7.28. The summed E-state index contributed by atoms with van der Waals surface area (Å²) in [6.07, 6.45) is 0. The number of rotatable bonds is 5. The van der Waals surface area contributed by atoms with Crippen molar-refractivity contribution < 1.29 is 23.1 Å². The highest BCUT2D eigenvalue weighted by molar-refractivity contribution is 7.90. The third-order valence-corrected chi connectivity index (χ3v) is 5.77. The molecule has 2 heterocycles. The molecule has 0 unspecified atom stereocenters. The van der Waals surface area contributed by atoms with Crippen LogP contribution in [0.2, 0.25) is 0 Å². The summed E-state index contributed by atoms with van der Waals surface area (Å²) in [6, 6.07) is 10.1. The molecule has 1 saturated heterocycles. The number of nitrogens with zero attached hydrogens (tertiary/aromatic N) is 3. The number of aryl methyl sites for hydroxylation is 1. The molecule has 2 aromatic rings. The molecule has 0 aliphatic carbocycles. The molecule has 9 nitrogen and oxygen atoms in total. The van der Waals surface area contributed by atoms with E-state index in [-0.39, 0.29) is 23.5 Å². The van der Waals surface area contributed by atoms with E-state index in [2.05, 4.69) is 4.98 Å². The fraction of sp³-hybridized carbons (Fsp3) is 0.222. The fourth-order valence-corrected chi connectivity index (χ4v) is 3.81. The molecule has 10 heteroatoms. The summed E-state index contributed by atoms with van der Waals surface area (Å²) in [5, 5.41) is 17.8. The van der Waals surface area contributed by atoms with Gasteiger partial charge in [0.2, 0.25) is 5.91 Å². The van der Waals surface area contributed by atoms with Crippen molar-refractivity contribution >= 4 is 27.7 Å². The second-order valence-electron chi connectivity index (χ2n) is 6.32. The SMILES string of the molecule is Cc1nc(N2CC(C(=O)NS(=O)(=O)c3ccc(C#N)cc3)C2)ccc1C(=O)O. The third kappa shape index (κ3) is 3.79. The van der Waals surface area contributed by atoms with Crippen molar-refractivity contribution in [2.24, 2.45) is 5.92 Å². The summed E-state index contributed by atoms with van der Waals surface area (Å²) in [4.78, 5) is 29.2. The molecule has 144 valence electrons. The number of carbonyl (C=O) groups excluding carboxylic acids is 1. The summed E-state index contributed by atoms with van der Waals surface area (Å²) in [5.41, 5.74) is 0.782. The Morgan fingerprint density at radius 3 is 2.39 bits per heavy atom. The number of sulfonamides is 1. The van der Waals surface area contributed by atoms with E-state index < -0.39 is 27.8 Å². The van der Waals surface area contributed by atoms with E-state index in [1.165, 1.54) is 30.3 Å². The Kier molecular flexibility index (Phi) is 5.02. The first-order valence-corrected chi connectivity index (χ1v) is 9.72. The van der Waals surface area contributed by atoms with E-state index in [9.17, 15) is 18.0 Å². The van der Waals surface area contributed by atoms with E-state index in [4.69, 9.17) is 10.4 Å². The van der Waals surface area contributed by atoms with Crippen molar-refractivity contribution in [3.63, 3.8) is 0 Å². The third-order valence-electron chi connectivity index (χ3n) is 4.41. The predicted molar refractivity (Wildman–Crippen MR) is 98.1 cm³/mol. The number of nitrogens with one attached hydrogen (secondary N) is 1. The Hall–Kier alpha value is -3.45. The Morgan fingerprint density at radius 1 is 1.21 bits per heavy atom. The van der Waals surface area contributed by atoms with Crippen molar-refractivity contribution in [3.8, 4) is 6.07 Å². The highest BCUT2D eigenvalue weighted by atomic mass is 32.2. The van der Waals surface area contributed by atoms with Crippen molar-refractivity contribution in [1.29, 1.82) is 5.26 Å². The second-order valence-corrected chi connectivity index (χ2v) is 8.00. The molecule has 28 heavy (non-hydrogen) atoms. The normalized spacial score (nSPS) is 14.1. The zero-order chi connectivity index (χ0) is 20.5. The number of benzene rings is 1. The number of anilines is 1. The van der Waals surface area contributed by atoms with Gasteiger partial charge in [0.25, 0.3) is 10.0 Å². The molecule has 1 fully saturated rings. The minimum atomic E-state index is -4.02. The zero-order valence-electron chi connectivity index (χ0n) is 14.8. The van der Waals surface area contributed by atoms with Gasteiger partial charge in [-0.25, -0.2) is 22.9 Å². The Morgan fingerprint density at radius 2 is 1.86 bits per heavy atom. The molecule has 1 aliphatic heterocycles. The molecular weight excluding hydrogens is 384 g/mol. The van der Waals surface area contributed by atoms with E-state index >= 15 is 0 Å². The largest absolute Gasteiger partial charge is 0.478 e. The van der Waals surface area contributed by atoms with Crippen LogP contribution in [0.15, 0.2) is 41.3 Å². The van der Waals surface area contributed by atoms with Gasteiger partial charge in [-0.2, -0.15) is 5.26 Å². The number of nitriles is 1. The maximum atomic E-state index is 12.3. The van der Waals surface area contributed by atoms with Crippen molar-refractivity contribution in [3.05, 3.63) is 53.2 Å². The van der Waals surface area contributed by atoms with Gasteiger partial charge < -0.3 is 10.0 Å². The molecule has 0 bridgehead atoms. The van der Waals surface area contributed by atoms with Crippen LogP contribution in [0.1, 0.15) is 21.6 Å². The highest BCUT2D eigenvalue weighted by Crippen LogP contribution is 2.24. The monoisotopic (exact) mass is 400 g/mol. The first kappa shape index (κ1) is 19.3. The number of amides is 1. The molecule has 1 amide bonds. The number of hydrogen-bond acceptors (Lipinski definition) is 7. The summed E-state index contributed by atoms with van der Waals surface area (Å²) < 4.78 is 26.6. The standard InChI is InChI=1S/C18H16N4O5S/c1-11-15(18(24)25)6-7-16(20-11)22-9-13(10-22)17(23)21-28(26,27)14-4-2-12(8-19)3-5-14/h2-7,13H,9-10H2,1H3,(H,21,23)(H,24,25). The first-order chi connectivity index (χ1) is 13.2. The smallest absolute Gasteiger partial charge is 0.337 e. The van der Waals surface area contributed by atoms with E-state index in [0.717, 1.165) is 0 Å². The van der Waals surface area contributed by atoms with Gasteiger partial charge in [0, 0.05) is 13.1 Å². The van der Waals surface area contributed by atoms with Crippen molar-refractivity contribution in [2.75, 3.05) is 18.0 Å². The predicted octanol–water partition coefficient (Wildman–Crippen LogP) is 0.901. The summed E-state index contributed by atoms with van der Waals surface area (Å²) in [5.74, 6) is -1.69. The molecule has 0 atom stereocenters. The number of pyridine rings is 1. The first-order valence-electron chi connectivity index (χ1n) is 8.24. The van der Waals surface area contributed by atoms with Gasteiger partial charge in [-0.05, 0) is 43.3 Å².